The van der Waals surface area contributed by atoms with Crippen molar-refractivity contribution < 1.29 is 9.90 Å². The summed E-state index contributed by atoms with van der Waals surface area (Å²) in [7, 11) is 0. The second-order valence-corrected chi connectivity index (χ2v) is 6.24. The van der Waals surface area contributed by atoms with Crippen LogP contribution in [0.5, 0.6) is 0 Å². The van der Waals surface area contributed by atoms with Gasteiger partial charge in [-0.15, -0.1) is 22.7 Å². The average Bonchev–Trinajstić information content (AvgIpc) is 2.91. The topological polar surface area (TPSA) is 40.5 Å². The summed E-state index contributed by atoms with van der Waals surface area (Å²) in [5, 5.41) is 11.1. The number of aliphatic hydroxyl groups is 1. The van der Waals surface area contributed by atoms with Gasteiger partial charge in [-0.3, -0.25) is 4.79 Å². The summed E-state index contributed by atoms with van der Waals surface area (Å²) in [5.41, 5.74) is 0. The van der Waals surface area contributed by atoms with Crippen molar-refractivity contribution in [2.75, 3.05) is 13.2 Å². The van der Waals surface area contributed by atoms with E-state index in [-0.39, 0.29) is 12.5 Å². The molecule has 1 fully saturated rings. The molecule has 0 unspecified atom stereocenters. The summed E-state index contributed by atoms with van der Waals surface area (Å²) in [5.74, 6) is 0.0787. The minimum atomic E-state index is 0.0436. The first-order valence-electron chi connectivity index (χ1n) is 5.68. The molecule has 0 aliphatic heterocycles. The Morgan fingerprint density at radius 1 is 1.47 bits per heavy atom. The SMILES string of the molecule is O=C(c1cc2sccc2s1)N(CCO)C1CC1. The second kappa shape index (κ2) is 4.40. The van der Waals surface area contributed by atoms with Gasteiger partial charge in [-0.25, -0.2) is 0 Å². The minimum absolute atomic E-state index is 0.0436. The van der Waals surface area contributed by atoms with Crippen molar-refractivity contribution in [3.05, 3.63) is 22.4 Å². The Hall–Kier alpha value is -0.910. The fourth-order valence-electron chi connectivity index (χ4n) is 1.96. The van der Waals surface area contributed by atoms with E-state index in [0.717, 1.165) is 17.7 Å². The van der Waals surface area contributed by atoms with Crippen molar-refractivity contribution in [2.24, 2.45) is 0 Å². The van der Waals surface area contributed by atoms with E-state index >= 15 is 0 Å². The number of hydrogen-bond acceptors (Lipinski definition) is 4. The third kappa shape index (κ3) is 2.10. The Labute approximate surface area is 107 Å². The first-order valence-corrected chi connectivity index (χ1v) is 7.38. The highest BCUT2D eigenvalue weighted by Crippen LogP contribution is 2.33. The first kappa shape index (κ1) is 11.2. The van der Waals surface area contributed by atoms with Gasteiger partial charge in [0.05, 0.1) is 11.5 Å². The number of fused-ring (bicyclic) bond motifs is 1. The van der Waals surface area contributed by atoms with Gasteiger partial charge in [0.15, 0.2) is 0 Å². The maximum Gasteiger partial charge on any atom is 0.264 e. The zero-order chi connectivity index (χ0) is 11.8. The highest BCUT2D eigenvalue weighted by Gasteiger charge is 2.33. The molecule has 17 heavy (non-hydrogen) atoms. The summed E-state index contributed by atoms with van der Waals surface area (Å²) in [6.07, 6.45) is 2.15. The lowest BCUT2D eigenvalue weighted by Crippen LogP contribution is -2.34. The Bertz CT molecular complexity index is 513. The van der Waals surface area contributed by atoms with Crippen molar-refractivity contribution in [2.45, 2.75) is 18.9 Å². The molecule has 2 heterocycles. The Morgan fingerprint density at radius 3 is 2.94 bits per heavy atom. The van der Waals surface area contributed by atoms with Crippen LogP contribution in [0.4, 0.5) is 0 Å². The standard InChI is InChI=1S/C12H13NO2S2/c14-5-4-13(8-1-2-8)12(15)11-7-10-9(17-11)3-6-16-10/h3,6-8,14H,1-2,4-5H2. The lowest BCUT2D eigenvalue weighted by molar-refractivity contribution is 0.0712. The van der Waals surface area contributed by atoms with Crippen LogP contribution in [0.15, 0.2) is 17.5 Å². The molecule has 1 aliphatic carbocycles. The molecule has 3 nitrogen and oxygen atoms in total. The molecule has 1 saturated carbocycles. The van der Waals surface area contributed by atoms with E-state index in [9.17, 15) is 4.79 Å². The lowest BCUT2D eigenvalue weighted by atomic mass is 10.3. The van der Waals surface area contributed by atoms with E-state index < -0.39 is 0 Å². The second-order valence-electron chi connectivity index (χ2n) is 4.21. The van der Waals surface area contributed by atoms with Crippen LogP contribution in [0.25, 0.3) is 9.40 Å². The minimum Gasteiger partial charge on any atom is -0.395 e. The van der Waals surface area contributed by atoms with E-state index in [0.29, 0.717) is 12.6 Å². The fourth-order valence-corrected chi connectivity index (χ4v) is 4.02. The zero-order valence-corrected chi connectivity index (χ0v) is 10.9. The highest BCUT2D eigenvalue weighted by atomic mass is 32.1. The molecule has 1 amide bonds. The molecule has 90 valence electrons. The van der Waals surface area contributed by atoms with Crippen molar-refractivity contribution in [3.63, 3.8) is 0 Å². The summed E-state index contributed by atoms with van der Waals surface area (Å²) < 4.78 is 2.36. The number of thiophene rings is 2. The van der Waals surface area contributed by atoms with Gasteiger partial charge >= 0.3 is 0 Å². The highest BCUT2D eigenvalue weighted by molar-refractivity contribution is 7.27. The van der Waals surface area contributed by atoms with Crippen LogP contribution in [0, 0.1) is 0 Å². The molecule has 0 atom stereocenters. The van der Waals surface area contributed by atoms with Gasteiger partial charge < -0.3 is 10.0 Å². The number of amides is 1. The van der Waals surface area contributed by atoms with Crippen LogP contribution in [0.3, 0.4) is 0 Å². The largest absolute Gasteiger partial charge is 0.395 e. The molecule has 1 aliphatic rings. The maximum atomic E-state index is 12.3. The summed E-state index contributed by atoms with van der Waals surface area (Å²) in [6, 6.07) is 4.38. The molecule has 0 radical (unpaired) electrons. The smallest absolute Gasteiger partial charge is 0.264 e. The summed E-state index contributed by atoms with van der Waals surface area (Å²) in [4.78, 5) is 14.9. The molecule has 3 rings (SSSR count). The number of hydrogen-bond donors (Lipinski definition) is 1. The van der Waals surface area contributed by atoms with Crippen LogP contribution in [-0.2, 0) is 0 Å². The van der Waals surface area contributed by atoms with Crippen LogP contribution in [0.1, 0.15) is 22.5 Å². The van der Waals surface area contributed by atoms with Gasteiger partial charge in [-0.2, -0.15) is 0 Å². The van der Waals surface area contributed by atoms with Crippen molar-refractivity contribution in [3.8, 4) is 0 Å². The van der Waals surface area contributed by atoms with Crippen molar-refractivity contribution >= 4 is 38.0 Å². The number of carbonyl (C=O) groups excluding carboxylic acids is 1. The summed E-state index contributed by atoms with van der Waals surface area (Å²) >= 11 is 3.21. The van der Waals surface area contributed by atoms with E-state index in [2.05, 4.69) is 6.07 Å². The number of carbonyl (C=O) groups is 1. The van der Waals surface area contributed by atoms with Gasteiger partial charge in [-0.1, -0.05) is 0 Å². The third-order valence-corrected chi connectivity index (χ3v) is 5.02. The first-order chi connectivity index (χ1) is 8.29. The van der Waals surface area contributed by atoms with E-state index in [1.807, 2.05) is 16.3 Å². The lowest BCUT2D eigenvalue weighted by Gasteiger charge is -2.20. The maximum absolute atomic E-state index is 12.3. The molecule has 0 spiro atoms. The monoisotopic (exact) mass is 267 g/mol. The van der Waals surface area contributed by atoms with Gasteiger partial charge in [-0.05, 0) is 30.4 Å². The van der Waals surface area contributed by atoms with E-state index in [1.165, 1.54) is 9.40 Å². The van der Waals surface area contributed by atoms with Crippen LogP contribution in [-0.4, -0.2) is 35.1 Å². The zero-order valence-electron chi connectivity index (χ0n) is 9.26. The van der Waals surface area contributed by atoms with Crippen LogP contribution in [0.2, 0.25) is 0 Å². The average molecular weight is 267 g/mol. The van der Waals surface area contributed by atoms with Crippen molar-refractivity contribution in [1.82, 2.24) is 4.90 Å². The number of nitrogens with zero attached hydrogens (tertiary/aromatic N) is 1. The van der Waals surface area contributed by atoms with E-state index in [4.69, 9.17) is 5.11 Å². The molecule has 0 saturated heterocycles. The molecular formula is C12H13NO2S2. The third-order valence-electron chi connectivity index (χ3n) is 2.94. The van der Waals surface area contributed by atoms with Gasteiger partial charge in [0.25, 0.3) is 5.91 Å². The quantitative estimate of drug-likeness (QED) is 0.925. The van der Waals surface area contributed by atoms with Gasteiger partial charge in [0.2, 0.25) is 0 Å². The molecule has 1 N–H and O–H groups in total. The molecule has 0 aromatic carbocycles. The molecular weight excluding hydrogens is 254 g/mol. The predicted octanol–water partition coefficient (Wildman–Crippen LogP) is 2.56. The number of rotatable bonds is 4. The molecule has 0 bridgehead atoms. The van der Waals surface area contributed by atoms with Gasteiger partial charge in [0.1, 0.15) is 0 Å². The molecule has 5 heteroatoms. The van der Waals surface area contributed by atoms with Crippen LogP contribution >= 0.6 is 22.7 Å². The van der Waals surface area contributed by atoms with Crippen molar-refractivity contribution in [1.29, 1.82) is 0 Å². The Morgan fingerprint density at radius 2 is 2.29 bits per heavy atom. The number of aliphatic hydroxyl groups excluding tert-OH is 1. The summed E-state index contributed by atoms with van der Waals surface area (Å²) in [6.45, 7) is 0.497. The Kier molecular flexibility index (Phi) is 2.90. The van der Waals surface area contributed by atoms with Gasteiger partial charge in [0, 0.05) is 22.0 Å². The molecule has 2 aromatic heterocycles. The Balaban J connectivity index is 1.86. The fraction of sp³-hybridized carbons (Fsp3) is 0.417. The normalized spacial score (nSPS) is 15.4. The molecule has 2 aromatic rings. The van der Waals surface area contributed by atoms with E-state index in [1.54, 1.807) is 22.7 Å². The van der Waals surface area contributed by atoms with Crippen LogP contribution < -0.4 is 0 Å². The predicted molar refractivity (Wildman–Crippen MR) is 70.8 cm³/mol.